The van der Waals surface area contributed by atoms with Crippen molar-refractivity contribution in [3.05, 3.63) is 0 Å². The molecule has 0 N–H and O–H groups in total. The number of hydrogen-bond acceptors (Lipinski definition) is 3. The topological polar surface area (TPSA) is 43.4 Å². The minimum Gasteiger partial charge on any atom is -0.457 e. The molecule has 1 saturated carbocycles. The van der Waals surface area contributed by atoms with Crippen LogP contribution in [0.5, 0.6) is 0 Å². The van der Waals surface area contributed by atoms with Gasteiger partial charge in [0.1, 0.15) is 0 Å². The predicted molar refractivity (Wildman–Crippen MR) is 39.0 cm³/mol. The Labute approximate surface area is 65.7 Å². The molecule has 0 aliphatic heterocycles. The van der Waals surface area contributed by atoms with E-state index in [-0.39, 0.29) is 5.78 Å². The molecule has 0 radical (unpaired) electrons. The quantitative estimate of drug-likeness (QED) is 0.558. The van der Waals surface area contributed by atoms with Crippen molar-refractivity contribution >= 4 is 12.3 Å². The first-order valence-electron chi connectivity index (χ1n) is 3.86. The van der Waals surface area contributed by atoms with E-state index in [0.717, 1.165) is 6.42 Å². The Bertz CT molecular complexity index is 165. The second-order valence-corrected chi connectivity index (χ2v) is 3.07. The molecule has 62 valence electrons. The van der Waals surface area contributed by atoms with Gasteiger partial charge in [-0.2, -0.15) is 0 Å². The lowest BCUT2D eigenvalue weighted by Gasteiger charge is -2.23. The zero-order valence-corrected chi connectivity index (χ0v) is 6.58. The van der Waals surface area contributed by atoms with Crippen molar-refractivity contribution in [3.8, 4) is 0 Å². The van der Waals surface area contributed by atoms with E-state index in [4.69, 9.17) is 0 Å². The van der Waals surface area contributed by atoms with Gasteiger partial charge in [-0.25, -0.2) is 0 Å². The molecule has 0 saturated heterocycles. The second-order valence-electron chi connectivity index (χ2n) is 3.07. The summed E-state index contributed by atoms with van der Waals surface area (Å²) in [6, 6.07) is 0. The molecular weight excluding hydrogens is 144 g/mol. The van der Waals surface area contributed by atoms with Gasteiger partial charge in [-0.1, -0.05) is 6.92 Å². The van der Waals surface area contributed by atoms with Crippen LogP contribution in [-0.4, -0.2) is 18.4 Å². The Morgan fingerprint density at radius 3 is 3.00 bits per heavy atom. The number of carbonyl (C=O) groups excluding carboxylic acids is 2. The maximum absolute atomic E-state index is 11.0. The van der Waals surface area contributed by atoms with Crippen LogP contribution in [0.1, 0.15) is 26.2 Å². The monoisotopic (exact) mass is 156 g/mol. The van der Waals surface area contributed by atoms with Crippen molar-refractivity contribution in [1.82, 2.24) is 0 Å². The van der Waals surface area contributed by atoms with Gasteiger partial charge in [0.05, 0.1) is 0 Å². The highest BCUT2D eigenvalue weighted by Gasteiger charge is 2.27. The number of Topliss-reactive ketones (excluding diaryl/α,β-unsaturated/α-hetero) is 1. The van der Waals surface area contributed by atoms with Gasteiger partial charge in [0.15, 0.2) is 11.9 Å². The zero-order chi connectivity index (χ0) is 8.27. The van der Waals surface area contributed by atoms with Crippen molar-refractivity contribution < 1.29 is 14.3 Å². The van der Waals surface area contributed by atoms with Crippen molar-refractivity contribution in [3.63, 3.8) is 0 Å². The first-order chi connectivity index (χ1) is 5.24. The fraction of sp³-hybridized carbons (Fsp3) is 0.750. The lowest BCUT2D eigenvalue weighted by atomic mass is 9.88. The molecule has 0 amide bonds. The highest BCUT2D eigenvalue weighted by molar-refractivity contribution is 5.84. The summed E-state index contributed by atoms with van der Waals surface area (Å²) in [5.74, 6) is 0.563. The van der Waals surface area contributed by atoms with Crippen LogP contribution in [-0.2, 0) is 14.3 Å². The summed E-state index contributed by atoms with van der Waals surface area (Å²) in [7, 11) is 0. The maximum atomic E-state index is 11.0. The fourth-order valence-corrected chi connectivity index (χ4v) is 1.36. The molecule has 0 aromatic rings. The summed E-state index contributed by atoms with van der Waals surface area (Å²) in [6.45, 7) is 2.42. The Balaban J connectivity index is 2.46. The third-order valence-corrected chi connectivity index (χ3v) is 2.08. The summed E-state index contributed by atoms with van der Waals surface area (Å²) >= 11 is 0. The van der Waals surface area contributed by atoms with E-state index in [0.29, 0.717) is 25.2 Å². The van der Waals surface area contributed by atoms with Crippen LogP contribution in [0.15, 0.2) is 0 Å². The minimum absolute atomic E-state index is 0.0650. The third-order valence-electron chi connectivity index (χ3n) is 2.08. The molecule has 1 rings (SSSR count). The molecule has 0 heterocycles. The normalized spacial score (nSPS) is 31.5. The predicted octanol–water partition coefficient (Wildman–Crippen LogP) is 0.917. The van der Waals surface area contributed by atoms with Gasteiger partial charge in [-0.3, -0.25) is 9.59 Å². The van der Waals surface area contributed by atoms with E-state index in [1.807, 2.05) is 0 Å². The fourth-order valence-electron chi connectivity index (χ4n) is 1.36. The molecule has 3 nitrogen and oxygen atoms in total. The van der Waals surface area contributed by atoms with Crippen LogP contribution in [0.25, 0.3) is 0 Å². The van der Waals surface area contributed by atoms with Gasteiger partial charge in [0.25, 0.3) is 6.47 Å². The molecule has 11 heavy (non-hydrogen) atoms. The van der Waals surface area contributed by atoms with E-state index in [1.54, 1.807) is 0 Å². The Morgan fingerprint density at radius 2 is 2.36 bits per heavy atom. The van der Waals surface area contributed by atoms with E-state index in [2.05, 4.69) is 11.7 Å². The lowest BCUT2D eigenvalue weighted by molar-refractivity contribution is -0.146. The maximum Gasteiger partial charge on any atom is 0.293 e. The summed E-state index contributed by atoms with van der Waals surface area (Å²) in [5, 5.41) is 0. The largest absolute Gasteiger partial charge is 0.457 e. The van der Waals surface area contributed by atoms with E-state index >= 15 is 0 Å². The Kier molecular flexibility index (Phi) is 2.63. The highest BCUT2D eigenvalue weighted by atomic mass is 16.5. The lowest BCUT2D eigenvalue weighted by Crippen LogP contribution is -2.30. The first-order valence-corrected chi connectivity index (χ1v) is 3.86. The van der Waals surface area contributed by atoms with Crippen LogP contribution in [0.2, 0.25) is 0 Å². The summed E-state index contributed by atoms with van der Waals surface area (Å²) < 4.78 is 4.64. The van der Waals surface area contributed by atoms with Gasteiger partial charge in [0, 0.05) is 6.42 Å². The summed E-state index contributed by atoms with van der Waals surface area (Å²) in [5.41, 5.74) is 0. The molecular formula is C8H12O3. The molecule has 2 atom stereocenters. The summed E-state index contributed by atoms with van der Waals surface area (Å²) in [4.78, 5) is 21.0. The number of ether oxygens (including phenoxy) is 1. The van der Waals surface area contributed by atoms with Gasteiger partial charge in [-0.05, 0) is 18.8 Å². The van der Waals surface area contributed by atoms with Gasteiger partial charge < -0.3 is 4.74 Å². The molecule has 3 heteroatoms. The zero-order valence-electron chi connectivity index (χ0n) is 6.58. The first kappa shape index (κ1) is 8.24. The highest BCUT2D eigenvalue weighted by Crippen LogP contribution is 2.22. The number of rotatable bonds is 2. The van der Waals surface area contributed by atoms with Crippen molar-refractivity contribution in [1.29, 1.82) is 0 Å². The van der Waals surface area contributed by atoms with Crippen molar-refractivity contribution in [2.24, 2.45) is 5.92 Å². The van der Waals surface area contributed by atoms with E-state index < -0.39 is 6.10 Å². The van der Waals surface area contributed by atoms with Crippen LogP contribution in [0.3, 0.4) is 0 Å². The average Bonchev–Trinajstić information content (AvgIpc) is 1.98. The molecule has 1 fully saturated rings. The third kappa shape index (κ3) is 2.03. The molecule has 1 aliphatic carbocycles. The second kappa shape index (κ2) is 3.51. The van der Waals surface area contributed by atoms with Crippen LogP contribution >= 0.6 is 0 Å². The molecule has 0 aromatic heterocycles. The Morgan fingerprint density at radius 1 is 1.64 bits per heavy atom. The van der Waals surface area contributed by atoms with Gasteiger partial charge >= 0.3 is 0 Å². The Hall–Kier alpha value is -0.860. The van der Waals surface area contributed by atoms with Crippen LogP contribution in [0, 0.1) is 5.92 Å². The summed E-state index contributed by atoms with van der Waals surface area (Å²) in [6.07, 6.45) is 1.71. The SMILES string of the molecule is CC1CCC(=O)C(OC=O)C1. The molecule has 1 aliphatic rings. The van der Waals surface area contributed by atoms with Crippen molar-refractivity contribution in [2.45, 2.75) is 32.3 Å². The average molecular weight is 156 g/mol. The number of carbonyl (C=O) groups is 2. The molecule has 0 spiro atoms. The molecule has 2 unspecified atom stereocenters. The van der Waals surface area contributed by atoms with Crippen molar-refractivity contribution in [2.75, 3.05) is 0 Å². The van der Waals surface area contributed by atoms with Gasteiger partial charge in [-0.15, -0.1) is 0 Å². The number of hydrogen-bond donors (Lipinski definition) is 0. The molecule has 0 bridgehead atoms. The smallest absolute Gasteiger partial charge is 0.293 e. The van der Waals surface area contributed by atoms with E-state index in [9.17, 15) is 9.59 Å². The molecule has 0 aromatic carbocycles. The number of ketones is 1. The minimum atomic E-state index is -0.462. The standard InChI is InChI=1S/C8H12O3/c1-6-2-3-7(10)8(4-6)11-5-9/h5-6,8H,2-4H2,1H3. The van der Waals surface area contributed by atoms with Crippen LogP contribution in [0.4, 0.5) is 0 Å². The van der Waals surface area contributed by atoms with Gasteiger partial charge in [0.2, 0.25) is 0 Å². The van der Waals surface area contributed by atoms with E-state index in [1.165, 1.54) is 0 Å². The van der Waals surface area contributed by atoms with Crippen LogP contribution < -0.4 is 0 Å².